The molecule has 64 valence electrons. The lowest BCUT2D eigenvalue weighted by Gasteiger charge is -2.61. The fourth-order valence-corrected chi connectivity index (χ4v) is 3.70. The molecule has 0 radical (unpaired) electrons. The van der Waals surface area contributed by atoms with Gasteiger partial charge in [-0.1, -0.05) is 27.2 Å². The molecule has 0 amide bonds. The summed E-state index contributed by atoms with van der Waals surface area (Å²) in [6.07, 6.45) is 5.98. The predicted molar refractivity (Wildman–Crippen MR) is 48.4 cm³/mol. The molecule has 2 bridgehead atoms. The first-order valence-electron chi connectivity index (χ1n) is 5.18. The van der Waals surface area contributed by atoms with Gasteiger partial charge in [0.15, 0.2) is 0 Å². The Labute approximate surface area is 70.4 Å². The number of fused-ring (bicyclic) bond motifs is 2. The Kier molecular flexibility index (Phi) is 1.56. The van der Waals surface area contributed by atoms with E-state index in [1.165, 1.54) is 25.7 Å². The van der Waals surface area contributed by atoms with Gasteiger partial charge in [0.05, 0.1) is 0 Å². The van der Waals surface area contributed by atoms with E-state index in [1.807, 2.05) is 0 Å². The molecule has 3 aliphatic carbocycles. The van der Waals surface area contributed by atoms with Gasteiger partial charge in [-0.25, -0.2) is 0 Å². The Morgan fingerprint density at radius 3 is 2.55 bits per heavy atom. The Morgan fingerprint density at radius 1 is 1.36 bits per heavy atom. The summed E-state index contributed by atoms with van der Waals surface area (Å²) in [7, 11) is 0. The van der Waals surface area contributed by atoms with Gasteiger partial charge < -0.3 is 0 Å². The highest BCUT2D eigenvalue weighted by molar-refractivity contribution is 5.04. The Morgan fingerprint density at radius 2 is 2.09 bits per heavy atom. The lowest BCUT2D eigenvalue weighted by atomic mass is 9.44. The zero-order valence-corrected chi connectivity index (χ0v) is 8.06. The second-order valence-electron chi connectivity index (χ2n) is 4.96. The summed E-state index contributed by atoms with van der Waals surface area (Å²) >= 11 is 0. The molecule has 3 fully saturated rings. The van der Waals surface area contributed by atoms with E-state index in [4.69, 9.17) is 0 Å². The SMILES string of the molecule is CCC1C2CCC(C)C1(C)C2. The van der Waals surface area contributed by atoms with Crippen LogP contribution in [0.3, 0.4) is 0 Å². The Hall–Kier alpha value is 0. The fraction of sp³-hybridized carbons (Fsp3) is 1.00. The van der Waals surface area contributed by atoms with Gasteiger partial charge in [0.25, 0.3) is 0 Å². The highest BCUT2D eigenvalue weighted by Gasteiger charge is 2.54. The lowest BCUT2D eigenvalue weighted by molar-refractivity contribution is -0.119. The molecule has 0 nitrogen and oxygen atoms in total. The molecule has 0 N–H and O–H groups in total. The average molecular weight is 152 g/mol. The molecule has 0 aromatic rings. The summed E-state index contributed by atoms with van der Waals surface area (Å²) in [6, 6.07) is 0. The quantitative estimate of drug-likeness (QED) is 0.539. The van der Waals surface area contributed by atoms with E-state index in [-0.39, 0.29) is 0 Å². The predicted octanol–water partition coefficient (Wildman–Crippen LogP) is 3.47. The molecule has 3 rings (SSSR count). The Balaban J connectivity index is 2.14. The summed E-state index contributed by atoms with van der Waals surface area (Å²) in [6.45, 7) is 7.34. The van der Waals surface area contributed by atoms with Crippen LogP contribution < -0.4 is 0 Å². The highest BCUT2D eigenvalue weighted by Crippen LogP contribution is 2.63. The molecule has 0 aromatic carbocycles. The van der Waals surface area contributed by atoms with Gasteiger partial charge in [0.1, 0.15) is 0 Å². The molecule has 0 aliphatic heterocycles. The van der Waals surface area contributed by atoms with E-state index < -0.39 is 0 Å². The molecule has 11 heavy (non-hydrogen) atoms. The molecule has 0 aromatic heterocycles. The van der Waals surface area contributed by atoms with E-state index >= 15 is 0 Å². The van der Waals surface area contributed by atoms with Crippen molar-refractivity contribution in [1.82, 2.24) is 0 Å². The highest BCUT2D eigenvalue weighted by atomic mass is 14.6. The van der Waals surface area contributed by atoms with Gasteiger partial charge in [0, 0.05) is 0 Å². The van der Waals surface area contributed by atoms with E-state index in [0.29, 0.717) is 0 Å². The Bertz CT molecular complexity index is 161. The van der Waals surface area contributed by atoms with Crippen molar-refractivity contribution in [3.05, 3.63) is 0 Å². The van der Waals surface area contributed by atoms with Crippen molar-refractivity contribution in [2.45, 2.75) is 46.5 Å². The van der Waals surface area contributed by atoms with Gasteiger partial charge in [-0.05, 0) is 42.4 Å². The smallest absolute Gasteiger partial charge is 0.0267 e. The summed E-state index contributed by atoms with van der Waals surface area (Å²) in [5.74, 6) is 3.19. The van der Waals surface area contributed by atoms with Crippen molar-refractivity contribution in [3.63, 3.8) is 0 Å². The molecule has 0 heteroatoms. The van der Waals surface area contributed by atoms with Gasteiger partial charge >= 0.3 is 0 Å². The molecule has 0 saturated heterocycles. The number of rotatable bonds is 1. The second-order valence-corrected chi connectivity index (χ2v) is 4.96. The van der Waals surface area contributed by atoms with Crippen LogP contribution in [0.2, 0.25) is 0 Å². The second kappa shape index (κ2) is 2.24. The lowest BCUT2D eigenvalue weighted by Crippen LogP contribution is -2.53. The van der Waals surface area contributed by atoms with Crippen LogP contribution in [0.25, 0.3) is 0 Å². The first kappa shape index (κ1) is 7.64. The van der Waals surface area contributed by atoms with Gasteiger partial charge in [0.2, 0.25) is 0 Å². The maximum absolute atomic E-state index is 2.52. The third-order valence-corrected chi connectivity index (χ3v) is 4.65. The van der Waals surface area contributed by atoms with Crippen molar-refractivity contribution in [3.8, 4) is 0 Å². The van der Waals surface area contributed by atoms with Crippen LogP contribution in [0.5, 0.6) is 0 Å². The zero-order valence-electron chi connectivity index (χ0n) is 8.06. The zero-order chi connectivity index (χ0) is 8.06. The van der Waals surface area contributed by atoms with E-state index in [2.05, 4.69) is 20.8 Å². The van der Waals surface area contributed by atoms with Crippen LogP contribution in [0.1, 0.15) is 46.5 Å². The van der Waals surface area contributed by atoms with Crippen molar-refractivity contribution >= 4 is 0 Å². The third-order valence-electron chi connectivity index (χ3n) is 4.65. The van der Waals surface area contributed by atoms with Gasteiger partial charge in [-0.15, -0.1) is 0 Å². The maximum atomic E-state index is 2.52. The van der Waals surface area contributed by atoms with Crippen molar-refractivity contribution in [2.24, 2.45) is 23.2 Å². The van der Waals surface area contributed by atoms with Gasteiger partial charge in [-0.2, -0.15) is 0 Å². The minimum Gasteiger partial charge on any atom is -0.0651 e. The first-order chi connectivity index (χ1) is 5.18. The minimum atomic E-state index is 0.748. The van der Waals surface area contributed by atoms with Crippen LogP contribution >= 0.6 is 0 Å². The van der Waals surface area contributed by atoms with Crippen molar-refractivity contribution in [2.75, 3.05) is 0 Å². The summed E-state index contributed by atoms with van der Waals surface area (Å²) in [5.41, 5.74) is 0.748. The maximum Gasteiger partial charge on any atom is -0.0267 e. The minimum absolute atomic E-state index is 0.748. The largest absolute Gasteiger partial charge is 0.0651 e. The molecule has 3 saturated carbocycles. The van der Waals surface area contributed by atoms with Crippen LogP contribution in [0, 0.1) is 23.2 Å². The summed E-state index contributed by atoms with van der Waals surface area (Å²) in [4.78, 5) is 0. The molecular formula is C11H20. The van der Waals surface area contributed by atoms with E-state index in [0.717, 1.165) is 23.2 Å². The standard InChI is InChI=1S/C11H20/c1-4-10-9-6-5-8(2)11(10,3)7-9/h8-10H,4-7H2,1-3H3. The number of hydrogen-bond acceptors (Lipinski definition) is 0. The van der Waals surface area contributed by atoms with Crippen LogP contribution in [0.4, 0.5) is 0 Å². The monoisotopic (exact) mass is 152 g/mol. The van der Waals surface area contributed by atoms with Crippen molar-refractivity contribution < 1.29 is 0 Å². The summed E-state index contributed by atoms with van der Waals surface area (Å²) in [5, 5.41) is 0. The summed E-state index contributed by atoms with van der Waals surface area (Å²) < 4.78 is 0. The van der Waals surface area contributed by atoms with Crippen molar-refractivity contribution in [1.29, 1.82) is 0 Å². The van der Waals surface area contributed by atoms with Crippen LogP contribution in [-0.4, -0.2) is 0 Å². The molecule has 0 spiro atoms. The van der Waals surface area contributed by atoms with Gasteiger partial charge in [-0.3, -0.25) is 0 Å². The molecule has 0 heterocycles. The molecule has 4 unspecified atom stereocenters. The van der Waals surface area contributed by atoms with E-state index in [9.17, 15) is 0 Å². The topological polar surface area (TPSA) is 0 Å². The number of hydrogen-bond donors (Lipinski definition) is 0. The third kappa shape index (κ3) is 0.816. The molecule has 3 aliphatic rings. The van der Waals surface area contributed by atoms with E-state index in [1.54, 1.807) is 0 Å². The molecule has 4 atom stereocenters. The van der Waals surface area contributed by atoms with Crippen LogP contribution in [0.15, 0.2) is 0 Å². The van der Waals surface area contributed by atoms with Crippen LogP contribution in [-0.2, 0) is 0 Å². The fourth-order valence-electron chi connectivity index (χ4n) is 3.70. The normalized spacial score (nSPS) is 55.4. The first-order valence-corrected chi connectivity index (χ1v) is 5.18. The molecular weight excluding hydrogens is 132 g/mol. The average Bonchev–Trinajstić information content (AvgIpc) is 1.94.